The summed E-state index contributed by atoms with van der Waals surface area (Å²) < 4.78 is 38.5. The minimum Gasteiger partial charge on any atom is -0.493 e. The van der Waals surface area contributed by atoms with Crippen LogP contribution in [0.4, 0.5) is 0 Å². The minimum absolute atomic E-state index is 0.197. The third-order valence-corrected chi connectivity index (χ3v) is 8.80. The zero-order chi connectivity index (χ0) is 25.9. The summed E-state index contributed by atoms with van der Waals surface area (Å²) in [4.78, 5) is 13.9. The van der Waals surface area contributed by atoms with Crippen LogP contribution in [-0.2, 0) is 10.0 Å². The molecule has 0 spiro atoms. The van der Waals surface area contributed by atoms with Crippen molar-refractivity contribution in [3.8, 4) is 11.5 Å². The average molecular weight is 541 g/mol. The predicted octanol–water partition coefficient (Wildman–Crippen LogP) is 4.84. The molecule has 0 atom stereocenters. The van der Waals surface area contributed by atoms with Crippen LogP contribution in [0.5, 0.6) is 11.5 Å². The number of sulfonamides is 1. The van der Waals surface area contributed by atoms with E-state index in [1.54, 1.807) is 64.6 Å². The molecule has 1 aliphatic rings. The van der Waals surface area contributed by atoms with Gasteiger partial charge in [-0.25, -0.2) is 8.42 Å². The average Bonchev–Trinajstić information content (AvgIpc) is 2.95. The van der Waals surface area contributed by atoms with Crippen LogP contribution in [0.2, 0.25) is 0 Å². The smallest absolute Gasteiger partial charge is 0.251 e. The first-order chi connectivity index (χ1) is 18.0. The van der Waals surface area contributed by atoms with Crippen molar-refractivity contribution in [2.75, 3.05) is 38.6 Å². The first kappa shape index (κ1) is 27.0. The molecule has 0 saturated carbocycles. The lowest BCUT2D eigenvalue weighted by Gasteiger charge is -2.25. The molecule has 7 nitrogen and oxygen atoms in total. The lowest BCUT2D eigenvalue weighted by molar-refractivity contribution is 0.0947. The van der Waals surface area contributed by atoms with E-state index in [-0.39, 0.29) is 17.4 Å². The molecule has 1 N–H and O–H groups in total. The highest BCUT2D eigenvalue weighted by molar-refractivity contribution is 7.99. The number of carbonyl (C=O) groups is 1. The Morgan fingerprint density at radius 2 is 1.43 bits per heavy atom. The van der Waals surface area contributed by atoms with Crippen LogP contribution in [0.15, 0.2) is 88.7 Å². The standard InChI is InChI=1S/C28H32N2O5S2/c31-28(23-9-11-24(12-10-23)35-21-22-36-26-7-3-1-4-8-26)29-17-20-34-25-13-15-27(16-14-25)37(32,33)30-18-5-2-6-19-30/h1,3-4,7-16H,2,5-6,17-22H2,(H,29,31). The Labute approximate surface area is 223 Å². The maximum Gasteiger partial charge on any atom is 0.251 e. The van der Waals surface area contributed by atoms with Gasteiger partial charge in [-0.1, -0.05) is 24.6 Å². The fraction of sp³-hybridized carbons (Fsp3) is 0.321. The molecule has 0 aromatic heterocycles. The molecule has 3 aromatic rings. The van der Waals surface area contributed by atoms with Gasteiger partial charge in [0, 0.05) is 29.3 Å². The molecule has 0 aliphatic carbocycles. The van der Waals surface area contributed by atoms with Crippen molar-refractivity contribution < 1.29 is 22.7 Å². The fourth-order valence-electron chi connectivity index (χ4n) is 3.94. The maximum atomic E-state index is 12.7. The van der Waals surface area contributed by atoms with E-state index in [2.05, 4.69) is 17.4 Å². The van der Waals surface area contributed by atoms with E-state index in [1.165, 1.54) is 4.90 Å². The van der Waals surface area contributed by atoms with E-state index < -0.39 is 10.0 Å². The number of nitrogens with zero attached hydrogens (tertiary/aromatic N) is 1. The molecule has 1 amide bonds. The van der Waals surface area contributed by atoms with Gasteiger partial charge in [0.2, 0.25) is 10.0 Å². The Balaban J connectivity index is 1.15. The lowest BCUT2D eigenvalue weighted by atomic mass is 10.2. The molecule has 3 aromatic carbocycles. The van der Waals surface area contributed by atoms with Crippen molar-refractivity contribution in [3.63, 3.8) is 0 Å². The number of thioether (sulfide) groups is 1. The fourth-order valence-corrected chi connectivity index (χ4v) is 6.20. The number of nitrogens with one attached hydrogen (secondary N) is 1. The number of hydrogen-bond donors (Lipinski definition) is 1. The summed E-state index contributed by atoms with van der Waals surface area (Å²) in [6, 6.07) is 23.7. The summed E-state index contributed by atoms with van der Waals surface area (Å²) in [6.07, 6.45) is 2.88. The third kappa shape index (κ3) is 7.99. The van der Waals surface area contributed by atoms with Crippen LogP contribution in [-0.4, -0.2) is 57.2 Å². The third-order valence-electron chi connectivity index (χ3n) is 5.91. The van der Waals surface area contributed by atoms with Crippen LogP contribution in [0.25, 0.3) is 0 Å². The van der Waals surface area contributed by atoms with Gasteiger partial charge in [-0.2, -0.15) is 4.31 Å². The van der Waals surface area contributed by atoms with Crippen molar-refractivity contribution >= 4 is 27.7 Å². The van der Waals surface area contributed by atoms with E-state index in [4.69, 9.17) is 9.47 Å². The molecule has 37 heavy (non-hydrogen) atoms. The molecule has 1 saturated heterocycles. The molecular weight excluding hydrogens is 508 g/mol. The number of ether oxygens (including phenoxy) is 2. The minimum atomic E-state index is -3.46. The van der Waals surface area contributed by atoms with Gasteiger partial charge >= 0.3 is 0 Å². The number of rotatable bonds is 12. The predicted molar refractivity (Wildman–Crippen MR) is 146 cm³/mol. The molecule has 0 unspecified atom stereocenters. The molecular formula is C28H32N2O5S2. The van der Waals surface area contributed by atoms with Gasteiger partial charge in [0.25, 0.3) is 5.91 Å². The van der Waals surface area contributed by atoms with Crippen LogP contribution >= 0.6 is 11.8 Å². The molecule has 1 heterocycles. The highest BCUT2D eigenvalue weighted by atomic mass is 32.2. The summed E-state index contributed by atoms with van der Waals surface area (Å²) in [5, 5.41) is 2.83. The van der Waals surface area contributed by atoms with E-state index in [0.717, 1.165) is 30.8 Å². The van der Waals surface area contributed by atoms with Gasteiger partial charge in [0.05, 0.1) is 18.0 Å². The number of amides is 1. The normalized spacial score (nSPS) is 14.2. The second-order valence-electron chi connectivity index (χ2n) is 8.57. The second kappa shape index (κ2) is 13.5. The number of carbonyl (C=O) groups excluding carboxylic acids is 1. The van der Waals surface area contributed by atoms with Gasteiger partial charge in [-0.15, -0.1) is 11.8 Å². The molecule has 0 bridgehead atoms. The summed E-state index contributed by atoms with van der Waals surface area (Å²) in [5.74, 6) is 1.92. The zero-order valence-corrected chi connectivity index (χ0v) is 22.3. The summed E-state index contributed by atoms with van der Waals surface area (Å²) in [6.45, 7) is 2.31. The quantitative estimate of drug-likeness (QED) is 0.261. The van der Waals surface area contributed by atoms with E-state index in [1.807, 2.05) is 18.2 Å². The van der Waals surface area contributed by atoms with Crippen LogP contribution in [0.1, 0.15) is 29.6 Å². The summed E-state index contributed by atoms with van der Waals surface area (Å²) in [7, 11) is -3.46. The number of piperidine rings is 1. The Morgan fingerprint density at radius 3 is 2.11 bits per heavy atom. The largest absolute Gasteiger partial charge is 0.493 e. The Hall–Kier alpha value is -3.01. The maximum absolute atomic E-state index is 12.7. The van der Waals surface area contributed by atoms with E-state index in [9.17, 15) is 13.2 Å². The Bertz CT molecular complexity index is 1230. The zero-order valence-electron chi connectivity index (χ0n) is 20.7. The van der Waals surface area contributed by atoms with Crippen LogP contribution in [0.3, 0.4) is 0 Å². The van der Waals surface area contributed by atoms with Gasteiger partial charge in [0.1, 0.15) is 18.1 Å². The second-order valence-corrected chi connectivity index (χ2v) is 11.7. The lowest BCUT2D eigenvalue weighted by Crippen LogP contribution is -2.35. The summed E-state index contributed by atoms with van der Waals surface area (Å²) >= 11 is 1.74. The molecule has 1 aliphatic heterocycles. The molecule has 1 fully saturated rings. The van der Waals surface area contributed by atoms with E-state index in [0.29, 0.717) is 37.6 Å². The van der Waals surface area contributed by atoms with E-state index >= 15 is 0 Å². The van der Waals surface area contributed by atoms with Crippen molar-refractivity contribution in [1.82, 2.24) is 9.62 Å². The Morgan fingerprint density at radius 1 is 0.811 bits per heavy atom. The van der Waals surface area contributed by atoms with Gasteiger partial charge < -0.3 is 14.8 Å². The number of benzene rings is 3. The van der Waals surface area contributed by atoms with Crippen molar-refractivity contribution in [2.45, 2.75) is 29.1 Å². The molecule has 0 radical (unpaired) electrons. The van der Waals surface area contributed by atoms with Gasteiger partial charge in [0.15, 0.2) is 0 Å². The Kier molecular flexibility index (Phi) is 9.87. The first-order valence-corrected chi connectivity index (χ1v) is 14.9. The summed E-state index contributed by atoms with van der Waals surface area (Å²) in [5.41, 5.74) is 0.540. The number of hydrogen-bond acceptors (Lipinski definition) is 6. The molecule has 9 heteroatoms. The van der Waals surface area contributed by atoms with Crippen molar-refractivity contribution in [2.24, 2.45) is 0 Å². The molecule has 4 rings (SSSR count). The topological polar surface area (TPSA) is 84.9 Å². The first-order valence-electron chi connectivity index (χ1n) is 12.4. The van der Waals surface area contributed by atoms with Gasteiger partial charge in [-0.05, 0) is 73.5 Å². The van der Waals surface area contributed by atoms with Gasteiger partial charge in [-0.3, -0.25) is 4.79 Å². The SMILES string of the molecule is O=C(NCCOc1ccc(S(=O)(=O)N2CCCCC2)cc1)c1ccc(OCCSc2ccccc2)cc1. The highest BCUT2D eigenvalue weighted by Crippen LogP contribution is 2.23. The molecule has 196 valence electrons. The highest BCUT2D eigenvalue weighted by Gasteiger charge is 2.25. The van der Waals surface area contributed by atoms with Crippen molar-refractivity contribution in [1.29, 1.82) is 0 Å². The van der Waals surface area contributed by atoms with Crippen molar-refractivity contribution in [3.05, 3.63) is 84.4 Å². The van der Waals surface area contributed by atoms with Crippen LogP contribution in [0, 0.1) is 0 Å². The van der Waals surface area contributed by atoms with Crippen LogP contribution < -0.4 is 14.8 Å². The monoisotopic (exact) mass is 540 g/mol.